The molecule has 208 valence electrons. The zero-order valence-corrected chi connectivity index (χ0v) is 22.2. The molecule has 39 heavy (non-hydrogen) atoms. The smallest absolute Gasteiger partial charge is 0.312 e. The van der Waals surface area contributed by atoms with Gasteiger partial charge in [0.2, 0.25) is 11.8 Å². The molecule has 3 aliphatic heterocycles. The maximum absolute atomic E-state index is 14.4. The van der Waals surface area contributed by atoms with Crippen LogP contribution in [0.4, 0.5) is 0 Å². The van der Waals surface area contributed by atoms with Crippen molar-refractivity contribution in [2.75, 3.05) is 26.3 Å². The van der Waals surface area contributed by atoms with Gasteiger partial charge in [0, 0.05) is 13.1 Å². The minimum absolute atomic E-state index is 0.0532. The molecule has 1 spiro atoms. The van der Waals surface area contributed by atoms with Crippen LogP contribution in [0.25, 0.3) is 11.0 Å². The Morgan fingerprint density at radius 3 is 2.79 bits per heavy atom. The van der Waals surface area contributed by atoms with Crippen molar-refractivity contribution < 1.29 is 29.0 Å². The number of ether oxygens (including phenoxy) is 2. The van der Waals surface area contributed by atoms with Crippen LogP contribution in [0.1, 0.15) is 32.6 Å². The number of amides is 2. The minimum Gasteiger partial charge on any atom is -0.465 e. The lowest BCUT2D eigenvalue weighted by atomic mass is 9.65. The summed E-state index contributed by atoms with van der Waals surface area (Å²) in [7, 11) is 0. The quantitative estimate of drug-likeness (QED) is 0.246. The number of benzene rings is 1. The molecule has 3 aliphatic rings. The molecule has 5 rings (SSSR count). The standard InChI is InChI=1S/C28H35N5O6/c1-4-7-17-38-26(37)22-21-24(35)32(15-16-34)23(28(21)13-12-27(22,6-3)39-28)25(36)31(14-5-2)18-33-20-11-9-8-10-19(20)29-30-33/h4-5,8-11,21-23,34H,1-2,6-7,12-18H2,3H3/t21-,22-,23?,27+,28?/m0/s1. The van der Waals surface area contributed by atoms with Crippen LogP contribution < -0.4 is 0 Å². The molecule has 2 unspecified atom stereocenters. The SMILES string of the molecule is C=CCCOC(=O)[C@@H]1[C@H]2C(=O)N(CCO)C(C(=O)N(CC=C)Cn3nnc4ccccc43)C23CC[C@@]1(CC)O3. The summed E-state index contributed by atoms with van der Waals surface area (Å²) < 4.78 is 13.9. The molecule has 2 bridgehead atoms. The van der Waals surface area contributed by atoms with E-state index in [0.717, 1.165) is 5.52 Å². The second kappa shape index (κ2) is 10.5. The fourth-order valence-electron chi connectivity index (χ4n) is 6.77. The van der Waals surface area contributed by atoms with E-state index < -0.39 is 35.0 Å². The molecular formula is C28H35N5O6. The van der Waals surface area contributed by atoms with Gasteiger partial charge in [0.25, 0.3) is 0 Å². The van der Waals surface area contributed by atoms with E-state index in [4.69, 9.17) is 9.47 Å². The molecule has 0 aliphatic carbocycles. The number of aliphatic hydroxyl groups is 1. The number of nitrogens with zero attached hydrogens (tertiary/aromatic N) is 5. The maximum atomic E-state index is 14.4. The number of hydrogen-bond acceptors (Lipinski definition) is 8. The van der Waals surface area contributed by atoms with Crippen molar-refractivity contribution in [2.45, 2.75) is 56.5 Å². The van der Waals surface area contributed by atoms with E-state index in [1.807, 2.05) is 31.2 Å². The van der Waals surface area contributed by atoms with E-state index in [-0.39, 0.29) is 44.8 Å². The van der Waals surface area contributed by atoms with Crippen molar-refractivity contribution in [3.8, 4) is 0 Å². The topological polar surface area (TPSA) is 127 Å². The average molecular weight is 538 g/mol. The lowest BCUT2D eigenvalue weighted by molar-refractivity contribution is -0.162. The number of carbonyl (C=O) groups excluding carboxylic acids is 3. The highest BCUT2D eigenvalue weighted by atomic mass is 16.6. The second-order valence-corrected chi connectivity index (χ2v) is 10.4. The van der Waals surface area contributed by atoms with Gasteiger partial charge in [-0.15, -0.1) is 18.3 Å². The van der Waals surface area contributed by atoms with Crippen molar-refractivity contribution in [3.05, 3.63) is 49.6 Å². The average Bonchev–Trinajstić information content (AvgIpc) is 3.66. The van der Waals surface area contributed by atoms with Gasteiger partial charge in [-0.1, -0.05) is 36.4 Å². The Labute approximate surface area is 227 Å². The number of esters is 1. The fourth-order valence-corrected chi connectivity index (χ4v) is 6.77. The molecule has 0 saturated carbocycles. The van der Waals surface area contributed by atoms with E-state index in [2.05, 4.69) is 23.5 Å². The van der Waals surface area contributed by atoms with E-state index in [1.54, 1.807) is 21.7 Å². The summed E-state index contributed by atoms with van der Waals surface area (Å²) in [6.45, 7) is 9.46. The molecule has 2 amide bonds. The predicted octanol–water partition coefficient (Wildman–Crippen LogP) is 1.67. The molecule has 1 aromatic heterocycles. The van der Waals surface area contributed by atoms with Gasteiger partial charge in [0.15, 0.2) is 0 Å². The van der Waals surface area contributed by atoms with Crippen LogP contribution in [-0.4, -0.2) is 91.2 Å². The maximum Gasteiger partial charge on any atom is 0.312 e. The molecule has 1 N–H and O–H groups in total. The number of para-hydroxylation sites is 1. The summed E-state index contributed by atoms with van der Waals surface area (Å²) in [6, 6.07) is 6.42. The highest BCUT2D eigenvalue weighted by Crippen LogP contribution is 2.64. The molecular weight excluding hydrogens is 502 g/mol. The third kappa shape index (κ3) is 4.15. The van der Waals surface area contributed by atoms with E-state index >= 15 is 0 Å². The van der Waals surface area contributed by atoms with Crippen molar-refractivity contribution in [1.29, 1.82) is 0 Å². The molecule has 3 fully saturated rings. The molecule has 11 nitrogen and oxygen atoms in total. The van der Waals surface area contributed by atoms with Crippen molar-refractivity contribution in [3.63, 3.8) is 0 Å². The lowest BCUT2D eigenvalue weighted by Crippen LogP contribution is -2.56. The number of fused-ring (bicyclic) bond motifs is 2. The molecule has 0 radical (unpaired) electrons. The first-order valence-electron chi connectivity index (χ1n) is 13.4. The highest BCUT2D eigenvalue weighted by Gasteiger charge is 2.79. The first-order valence-corrected chi connectivity index (χ1v) is 13.4. The van der Waals surface area contributed by atoms with Gasteiger partial charge in [-0.2, -0.15) is 0 Å². The minimum atomic E-state index is -1.20. The third-order valence-corrected chi connectivity index (χ3v) is 8.46. The van der Waals surface area contributed by atoms with Gasteiger partial charge < -0.3 is 24.4 Å². The molecule has 11 heteroatoms. The number of carbonyl (C=O) groups is 3. The van der Waals surface area contributed by atoms with Gasteiger partial charge in [-0.25, -0.2) is 4.68 Å². The monoisotopic (exact) mass is 537 g/mol. The number of aromatic nitrogens is 3. The van der Waals surface area contributed by atoms with Gasteiger partial charge >= 0.3 is 5.97 Å². The summed E-state index contributed by atoms with van der Waals surface area (Å²) >= 11 is 0. The van der Waals surface area contributed by atoms with Crippen LogP contribution in [-0.2, 0) is 30.5 Å². The first-order chi connectivity index (χ1) is 18.9. The van der Waals surface area contributed by atoms with Crippen molar-refractivity contribution in [2.24, 2.45) is 11.8 Å². The number of rotatable bonds is 12. The van der Waals surface area contributed by atoms with Crippen LogP contribution in [0.5, 0.6) is 0 Å². The van der Waals surface area contributed by atoms with Gasteiger partial charge in [-0.3, -0.25) is 14.4 Å². The van der Waals surface area contributed by atoms with E-state index in [1.165, 1.54) is 4.90 Å². The van der Waals surface area contributed by atoms with Crippen LogP contribution >= 0.6 is 0 Å². The Hall–Kier alpha value is -3.57. The van der Waals surface area contributed by atoms with Gasteiger partial charge in [0.05, 0.1) is 30.2 Å². The molecule has 1 aromatic carbocycles. The van der Waals surface area contributed by atoms with E-state index in [0.29, 0.717) is 31.2 Å². The molecule has 2 aromatic rings. The normalized spacial score (nSPS) is 29.0. The summed E-state index contributed by atoms with van der Waals surface area (Å²) in [5, 5.41) is 18.3. The van der Waals surface area contributed by atoms with E-state index in [9.17, 15) is 19.5 Å². The fraction of sp³-hybridized carbons (Fsp3) is 0.536. The first kappa shape index (κ1) is 27.0. The second-order valence-electron chi connectivity index (χ2n) is 10.4. The van der Waals surface area contributed by atoms with Crippen molar-refractivity contribution >= 4 is 28.8 Å². The van der Waals surface area contributed by atoms with Crippen LogP contribution in [0.15, 0.2) is 49.6 Å². The lowest BCUT2D eigenvalue weighted by Gasteiger charge is -2.36. The Morgan fingerprint density at radius 1 is 1.28 bits per heavy atom. The summed E-state index contributed by atoms with van der Waals surface area (Å²) in [5.74, 6) is -2.92. The molecule has 3 saturated heterocycles. The third-order valence-electron chi connectivity index (χ3n) is 8.46. The number of β-amino-alcohol motifs (C(OH)–C–C–N with tert-alkyl or cyclic N) is 1. The van der Waals surface area contributed by atoms with Gasteiger partial charge in [0.1, 0.15) is 29.7 Å². The van der Waals surface area contributed by atoms with Crippen LogP contribution in [0.2, 0.25) is 0 Å². The predicted molar refractivity (Wildman–Crippen MR) is 141 cm³/mol. The number of likely N-dealkylation sites (tertiary alicyclic amines) is 1. The molecule has 5 atom stereocenters. The highest BCUT2D eigenvalue weighted by molar-refractivity contribution is 5.98. The van der Waals surface area contributed by atoms with Gasteiger partial charge in [-0.05, 0) is 37.8 Å². The summed E-state index contributed by atoms with van der Waals surface area (Å²) in [4.78, 5) is 44.6. The molecule has 4 heterocycles. The Balaban J connectivity index is 1.52. The van der Waals surface area contributed by atoms with Crippen molar-refractivity contribution in [1.82, 2.24) is 24.8 Å². The zero-order chi connectivity index (χ0) is 27.8. The Morgan fingerprint density at radius 2 is 2.08 bits per heavy atom. The summed E-state index contributed by atoms with van der Waals surface area (Å²) in [5.41, 5.74) is -0.637. The Bertz CT molecular complexity index is 1290. The Kier molecular flexibility index (Phi) is 7.30. The van der Waals surface area contributed by atoms with Crippen LogP contribution in [0.3, 0.4) is 0 Å². The van der Waals surface area contributed by atoms with Crippen LogP contribution in [0, 0.1) is 11.8 Å². The number of hydrogen-bond donors (Lipinski definition) is 1. The number of aliphatic hydroxyl groups excluding tert-OH is 1. The largest absolute Gasteiger partial charge is 0.465 e. The summed E-state index contributed by atoms with van der Waals surface area (Å²) in [6.07, 6.45) is 5.24. The zero-order valence-electron chi connectivity index (χ0n) is 22.2.